The molecule has 30 heavy (non-hydrogen) atoms. The summed E-state index contributed by atoms with van der Waals surface area (Å²) in [6.45, 7) is 6.61. The second-order valence-corrected chi connectivity index (χ2v) is 8.34. The topological polar surface area (TPSA) is 81.9 Å². The van der Waals surface area contributed by atoms with Crippen LogP contribution in [0.4, 0.5) is 5.82 Å². The molecule has 1 aliphatic carbocycles. The van der Waals surface area contributed by atoms with E-state index < -0.39 is 0 Å². The van der Waals surface area contributed by atoms with Gasteiger partial charge in [0.15, 0.2) is 17.2 Å². The van der Waals surface area contributed by atoms with Gasteiger partial charge < -0.3 is 10.1 Å². The van der Waals surface area contributed by atoms with Crippen molar-refractivity contribution in [2.45, 2.75) is 58.9 Å². The Labute approximate surface area is 176 Å². The Kier molecular flexibility index (Phi) is 5.97. The summed E-state index contributed by atoms with van der Waals surface area (Å²) in [5.74, 6) is 1.38. The number of anilines is 1. The molecule has 1 aliphatic rings. The molecule has 0 aliphatic heterocycles. The number of aromatic nitrogens is 4. The number of carbonyl (C=O) groups is 1. The SMILES string of the molecule is Cc1nc2c(cnn2C(C)C)cc1C(=O)Nc1ncccc1OCC1CCCCC1. The number of hydrogen-bond donors (Lipinski definition) is 1. The van der Waals surface area contributed by atoms with E-state index >= 15 is 0 Å². The molecule has 3 aromatic rings. The van der Waals surface area contributed by atoms with E-state index in [2.05, 4.69) is 34.2 Å². The fraction of sp³-hybridized carbons (Fsp3) is 0.478. The van der Waals surface area contributed by atoms with Crippen molar-refractivity contribution in [3.63, 3.8) is 0 Å². The number of amides is 1. The molecule has 3 heterocycles. The number of pyridine rings is 2. The fourth-order valence-corrected chi connectivity index (χ4v) is 4.01. The average Bonchev–Trinajstić information content (AvgIpc) is 3.16. The van der Waals surface area contributed by atoms with Gasteiger partial charge in [-0.3, -0.25) is 4.79 Å². The van der Waals surface area contributed by atoms with E-state index in [1.54, 1.807) is 12.4 Å². The number of fused-ring (bicyclic) bond motifs is 1. The van der Waals surface area contributed by atoms with Crippen molar-refractivity contribution < 1.29 is 9.53 Å². The molecule has 1 saturated carbocycles. The first-order chi connectivity index (χ1) is 14.5. The Bertz CT molecular complexity index is 1040. The molecule has 0 aromatic carbocycles. The second-order valence-electron chi connectivity index (χ2n) is 8.34. The summed E-state index contributed by atoms with van der Waals surface area (Å²) >= 11 is 0. The van der Waals surface area contributed by atoms with Crippen LogP contribution in [0.25, 0.3) is 11.0 Å². The van der Waals surface area contributed by atoms with Crippen molar-refractivity contribution in [1.29, 1.82) is 0 Å². The predicted molar refractivity (Wildman–Crippen MR) is 117 cm³/mol. The van der Waals surface area contributed by atoms with Crippen molar-refractivity contribution in [2.75, 3.05) is 11.9 Å². The lowest BCUT2D eigenvalue weighted by Crippen LogP contribution is -2.18. The number of rotatable bonds is 6. The first-order valence-corrected chi connectivity index (χ1v) is 10.8. The Morgan fingerprint density at radius 1 is 1.30 bits per heavy atom. The molecule has 0 spiro atoms. The van der Waals surface area contributed by atoms with Crippen LogP contribution >= 0.6 is 0 Å². The fourth-order valence-electron chi connectivity index (χ4n) is 4.01. The lowest BCUT2D eigenvalue weighted by molar-refractivity contribution is 0.102. The van der Waals surface area contributed by atoms with Gasteiger partial charge in [-0.15, -0.1) is 0 Å². The van der Waals surface area contributed by atoms with Crippen LogP contribution in [0.5, 0.6) is 5.75 Å². The van der Waals surface area contributed by atoms with E-state index in [0.717, 1.165) is 11.0 Å². The number of ether oxygens (including phenoxy) is 1. The highest BCUT2D eigenvalue weighted by atomic mass is 16.5. The van der Waals surface area contributed by atoms with Crippen LogP contribution in [0.2, 0.25) is 0 Å². The molecule has 4 rings (SSSR count). The molecule has 0 saturated heterocycles. The highest BCUT2D eigenvalue weighted by Crippen LogP contribution is 2.27. The molecular weight excluding hydrogens is 378 g/mol. The van der Waals surface area contributed by atoms with Crippen LogP contribution in [0, 0.1) is 12.8 Å². The zero-order chi connectivity index (χ0) is 21.1. The monoisotopic (exact) mass is 407 g/mol. The van der Waals surface area contributed by atoms with Gasteiger partial charge in [0.2, 0.25) is 0 Å². The largest absolute Gasteiger partial charge is 0.489 e. The maximum atomic E-state index is 13.0. The van der Waals surface area contributed by atoms with Crippen molar-refractivity contribution in [3.8, 4) is 5.75 Å². The van der Waals surface area contributed by atoms with Gasteiger partial charge in [0.1, 0.15) is 0 Å². The van der Waals surface area contributed by atoms with Crippen LogP contribution in [0.1, 0.15) is 68.0 Å². The number of nitrogens with zero attached hydrogens (tertiary/aromatic N) is 4. The molecule has 7 heteroatoms. The standard InChI is InChI=1S/C23H29N5O2/c1-15(2)28-22-18(13-25-28)12-19(16(3)26-22)23(29)27-21-20(10-7-11-24-21)30-14-17-8-5-4-6-9-17/h7,10-13,15,17H,4-6,8-9,14H2,1-3H3,(H,24,27,29). The molecule has 0 atom stereocenters. The van der Waals surface area contributed by atoms with Gasteiger partial charge in [-0.2, -0.15) is 5.10 Å². The Balaban J connectivity index is 1.52. The van der Waals surface area contributed by atoms with E-state index in [1.807, 2.05) is 29.8 Å². The molecule has 0 unspecified atom stereocenters. The van der Waals surface area contributed by atoms with Gasteiger partial charge in [0.05, 0.1) is 24.1 Å². The average molecular weight is 408 g/mol. The van der Waals surface area contributed by atoms with Crippen molar-refractivity contribution >= 4 is 22.8 Å². The smallest absolute Gasteiger partial charge is 0.258 e. The first kappa shape index (κ1) is 20.3. The summed E-state index contributed by atoms with van der Waals surface area (Å²) in [5.41, 5.74) is 1.95. The molecule has 1 amide bonds. The van der Waals surface area contributed by atoms with Gasteiger partial charge in [-0.25, -0.2) is 14.6 Å². The third-order valence-electron chi connectivity index (χ3n) is 5.70. The lowest BCUT2D eigenvalue weighted by atomic mass is 9.90. The minimum atomic E-state index is -0.250. The molecule has 7 nitrogen and oxygen atoms in total. The van der Waals surface area contributed by atoms with E-state index in [1.165, 1.54) is 32.1 Å². The number of nitrogens with one attached hydrogen (secondary N) is 1. The number of aryl methyl sites for hydroxylation is 1. The summed E-state index contributed by atoms with van der Waals surface area (Å²) in [6.07, 6.45) is 9.67. The minimum absolute atomic E-state index is 0.200. The predicted octanol–water partition coefficient (Wildman–Crippen LogP) is 4.93. The van der Waals surface area contributed by atoms with Gasteiger partial charge in [-0.1, -0.05) is 19.3 Å². The van der Waals surface area contributed by atoms with Gasteiger partial charge in [0, 0.05) is 17.6 Å². The lowest BCUT2D eigenvalue weighted by Gasteiger charge is -2.22. The molecule has 0 bridgehead atoms. The van der Waals surface area contributed by atoms with Crippen LogP contribution in [-0.4, -0.2) is 32.3 Å². The summed E-state index contributed by atoms with van der Waals surface area (Å²) < 4.78 is 7.90. The number of carbonyl (C=O) groups excluding carboxylic acids is 1. The Hall–Kier alpha value is -2.96. The summed E-state index contributed by atoms with van der Waals surface area (Å²) in [6, 6.07) is 5.72. The van der Waals surface area contributed by atoms with E-state index in [4.69, 9.17) is 4.74 Å². The van der Waals surface area contributed by atoms with E-state index in [9.17, 15) is 4.79 Å². The van der Waals surface area contributed by atoms with Crippen LogP contribution in [0.15, 0.2) is 30.6 Å². The summed E-state index contributed by atoms with van der Waals surface area (Å²) in [4.78, 5) is 22.0. The van der Waals surface area contributed by atoms with Gasteiger partial charge in [0.25, 0.3) is 5.91 Å². The normalized spacial score (nSPS) is 14.9. The molecule has 1 N–H and O–H groups in total. The molecule has 0 radical (unpaired) electrons. The maximum Gasteiger partial charge on any atom is 0.258 e. The third kappa shape index (κ3) is 4.30. The van der Waals surface area contributed by atoms with Crippen LogP contribution in [-0.2, 0) is 0 Å². The van der Waals surface area contributed by atoms with E-state index in [0.29, 0.717) is 35.3 Å². The number of hydrogen-bond acceptors (Lipinski definition) is 5. The summed E-state index contributed by atoms with van der Waals surface area (Å²) in [7, 11) is 0. The Morgan fingerprint density at radius 3 is 2.87 bits per heavy atom. The maximum absolute atomic E-state index is 13.0. The van der Waals surface area contributed by atoms with Gasteiger partial charge >= 0.3 is 0 Å². The van der Waals surface area contributed by atoms with E-state index in [-0.39, 0.29) is 11.9 Å². The third-order valence-corrected chi connectivity index (χ3v) is 5.70. The second kappa shape index (κ2) is 8.81. The van der Waals surface area contributed by atoms with Gasteiger partial charge in [-0.05, 0) is 57.7 Å². The highest BCUT2D eigenvalue weighted by Gasteiger charge is 2.19. The quantitative estimate of drug-likeness (QED) is 0.627. The molecular formula is C23H29N5O2. The molecule has 3 aromatic heterocycles. The van der Waals surface area contributed by atoms with Crippen molar-refractivity contribution in [1.82, 2.24) is 19.7 Å². The molecule has 158 valence electrons. The van der Waals surface area contributed by atoms with Crippen molar-refractivity contribution in [3.05, 3.63) is 41.9 Å². The Morgan fingerprint density at radius 2 is 2.10 bits per heavy atom. The van der Waals surface area contributed by atoms with Crippen LogP contribution < -0.4 is 10.1 Å². The minimum Gasteiger partial charge on any atom is -0.489 e. The zero-order valence-electron chi connectivity index (χ0n) is 17.9. The summed E-state index contributed by atoms with van der Waals surface area (Å²) in [5, 5.41) is 8.14. The van der Waals surface area contributed by atoms with Crippen molar-refractivity contribution in [2.24, 2.45) is 5.92 Å². The highest BCUT2D eigenvalue weighted by molar-refractivity contribution is 6.06. The first-order valence-electron chi connectivity index (χ1n) is 10.8. The van der Waals surface area contributed by atoms with Crippen LogP contribution in [0.3, 0.4) is 0 Å². The molecule has 1 fully saturated rings. The zero-order valence-corrected chi connectivity index (χ0v) is 17.9.